The average molecular weight is 598 g/mol. The highest BCUT2D eigenvalue weighted by molar-refractivity contribution is 6.04. The lowest BCUT2D eigenvalue weighted by Crippen LogP contribution is -2.47. The predicted molar refractivity (Wildman–Crippen MR) is 156 cm³/mol. The maximum absolute atomic E-state index is 13.3. The van der Waals surface area contributed by atoms with Crippen molar-refractivity contribution in [1.29, 1.82) is 0 Å². The second-order valence-electron chi connectivity index (χ2n) is 10.9. The van der Waals surface area contributed by atoms with E-state index in [2.05, 4.69) is 20.7 Å². The lowest BCUT2D eigenvalue weighted by atomic mass is 9.85. The van der Waals surface area contributed by atoms with Crippen LogP contribution in [0.25, 0.3) is 11.0 Å². The molecule has 14 nitrogen and oxygen atoms in total. The lowest BCUT2D eigenvalue weighted by molar-refractivity contribution is -0.159. The van der Waals surface area contributed by atoms with Crippen LogP contribution in [0.2, 0.25) is 0 Å². The molecule has 43 heavy (non-hydrogen) atoms. The summed E-state index contributed by atoms with van der Waals surface area (Å²) in [5.74, 6) is -0.373. The van der Waals surface area contributed by atoms with Gasteiger partial charge in [0, 0.05) is 51.3 Å². The van der Waals surface area contributed by atoms with Crippen LogP contribution in [0.1, 0.15) is 65.6 Å². The van der Waals surface area contributed by atoms with Crippen LogP contribution in [0.4, 0.5) is 10.7 Å². The van der Waals surface area contributed by atoms with E-state index < -0.39 is 12.0 Å². The van der Waals surface area contributed by atoms with E-state index in [0.29, 0.717) is 81.2 Å². The van der Waals surface area contributed by atoms with Gasteiger partial charge in [-0.15, -0.1) is 0 Å². The summed E-state index contributed by atoms with van der Waals surface area (Å²) < 4.78 is 26.2. The number of rotatable bonds is 10. The number of hydrogen-bond acceptors (Lipinski definition) is 9. The van der Waals surface area contributed by atoms with Gasteiger partial charge in [0.2, 0.25) is 11.9 Å². The van der Waals surface area contributed by atoms with Crippen molar-refractivity contribution >= 4 is 34.9 Å². The van der Waals surface area contributed by atoms with Crippen molar-refractivity contribution in [1.82, 2.24) is 24.6 Å². The number of methoxy groups -OCH3 is 1. The van der Waals surface area contributed by atoms with Gasteiger partial charge in [-0.25, -0.2) is 9.78 Å². The van der Waals surface area contributed by atoms with Crippen LogP contribution < -0.4 is 21.1 Å². The molecule has 2 aliphatic rings. The third-order valence-electron chi connectivity index (χ3n) is 7.92. The van der Waals surface area contributed by atoms with Gasteiger partial charge in [0.15, 0.2) is 0 Å². The van der Waals surface area contributed by atoms with Gasteiger partial charge in [0.1, 0.15) is 23.1 Å². The summed E-state index contributed by atoms with van der Waals surface area (Å²) in [6.45, 7) is 6.78. The monoisotopic (exact) mass is 597 g/mol. The first-order valence-electron chi connectivity index (χ1n) is 14.6. The van der Waals surface area contributed by atoms with Crippen molar-refractivity contribution in [2.45, 2.75) is 70.7 Å². The second-order valence-corrected chi connectivity index (χ2v) is 10.9. The van der Waals surface area contributed by atoms with Crippen LogP contribution in [-0.2, 0) is 27.3 Å². The molecule has 5 rings (SSSR count). The molecule has 0 saturated carbocycles. The first kappa shape index (κ1) is 30.3. The Balaban J connectivity index is 1.28. The lowest BCUT2D eigenvalue weighted by Gasteiger charge is -2.42. The van der Waals surface area contributed by atoms with Gasteiger partial charge in [0.05, 0.1) is 30.5 Å². The first-order chi connectivity index (χ1) is 20.7. The Hall–Kier alpha value is -4.17. The average Bonchev–Trinajstić information content (AvgIpc) is 3.54. The number of aromatic nitrogens is 4. The molecule has 0 radical (unpaired) electrons. The molecular weight excluding hydrogens is 558 g/mol. The number of nitrogens with one attached hydrogen (secondary N) is 2. The molecule has 14 heteroatoms. The summed E-state index contributed by atoms with van der Waals surface area (Å²) >= 11 is 0. The van der Waals surface area contributed by atoms with Gasteiger partial charge in [-0.05, 0) is 51.3 Å². The highest BCUT2D eigenvalue weighted by atomic mass is 16.6. The molecule has 1 atom stereocenters. The van der Waals surface area contributed by atoms with Crippen molar-refractivity contribution in [3.05, 3.63) is 35.2 Å². The molecule has 0 aliphatic carbocycles. The number of anilines is 1. The number of ether oxygens (including phenoxy) is 4. The highest BCUT2D eigenvalue weighted by Gasteiger charge is 2.40. The van der Waals surface area contributed by atoms with Crippen LogP contribution in [-0.4, -0.2) is 82.4 Å². The standard InChI is InChI=1S/C29H39N7O7/c1-4-36-22(14-18(2)34-36)26(38)33-27-32-21-15-19(25(30)37)16-23(40-3)24(21)35(27)10-5-9-31-28(39)43-20-6-11-42-29(17-20)7-12-41-13-8-29/h14-16,20H,4-13,17H2,1-3H3,(H2,30,37)(H,31,39)(H,32,33,38)/t20-/m0/s1. The second kappa shape index (κ2) is 13.0. The zero-order chi connectivity index (χ0) is 30.6. The van der Waals surface area contributed by atoms with Gasteiger partial charge in [-0.3, -0.25) is 19.6 Å². The number of fused-ring (bicyclic) bond motifs is 1. The zero-order valence-electron chi connectivity index (χ0n) is 24.8. The zero-order valence-corrected chi connectivity index (χ0v) is 24.8. The number of hydrogen-bond donors (Lipinski definition) is 3. The fourth-order valence-electron chi connectivity index (χ4n) is 5.77. The molecule has 2 saturated heterocycles. The smallest absolute Gasteiger partial charge is 0.407 e. The number of alkyl carbamates (subject to hydrolysis) is 1. The summed E-state index contributed by atoms with van der Waals surface area (Å²) in [7, 11) is 1.48. The van der Waals surface area contributed by atoms with Crippen LogP contribution in [0.3, 0.4) is 0 Å². The van der Waals surface area contributed by atoms with E-state index in [1.54, 1.807) is 27.4 Å². The van der Waals surface area contributed by atoms with Gasteiger partial charge < -0.3 is 34.6 Å². The van der Waals surface area contributed by atoms with Gasteiger partial charge in [0.25, 0.3) is 5.91 Å². The van der Waals surface area contributed by atoms with Crippen molar-refractivity contribution in [3.8, 4) is 5.75 Å². The maximum atomic E-state index is 13.3. The summed E-state index contributed by atoms with van der Waals surface area (Å²) in [4.78, 5) is 42.4. The Morgan fingerprint density at radius 3 is 2.70 bits per heavy atom. The molecule has 2 aromatic heterocycles. The summed E-state index contributed by atoms with van der Waals surface area (Å²) in [5, 5.41) is 10.1. The largest absolute Gasteiger partial charge is 0.494 e. The van der Waals surface area contributed by atoms with E-state index in [9.17, 15) is 14.4 Å². The molecule has 2 aliphatic heterocycles. The normalized spacial score (nSPS) is 18.0. The fraction of sp³-hybridized carbons (Fsp3) is 0.552. The maximum Gasteiger partial charge on any atom is 0.407 e. The minimum absolute atomic E-state index is 0.213. The van der Waals surface area contributed by atoms with Crippen LogP contribution in [0.15, 0.2) is 18.2 Å². The van der Waals surface area contributed by atoms with E-state index in [-0.39, 0.29) is 29.1 Å². The van der Waals surface area contributed by atoms with Crippen LogP contribution in [0, 0.1) is 6.92 Å². The molecular formula is C29H39N7O7. The number of nitrogens with two attached hydrogens (primary N) is 1. The molecule has 1 spiro atoms. The van der Waals surface area contributed by atoms with Gasteiger partial charge in [-0.2, -0.15) is 5.10 Å². The topological polar surface area (TPSA) is 174 Å². The molecule has 3 aromatic rings. The van der Waals surface area contributed by atoms with E-state index >= 15 is 0 Å². The SMILES string of the molecule is CCn1nc(C)cc1C(=O)Nc1nc2cc(C(N)=O)cc(OC)c2n1CCCNC(=O)O[C@H]1CCOC2(CCOCC2)C1. The van der Waals surface area contributed by atoms with E-state index in [0.717, 1.165) is 18.5 Å². The first-order valence-corrected chi connectivity index (χ1v) is 14.6. The van der Waals surface area contributed by atoms with Crippen molar-refractivity contribution in [3.63, 3.8) is 0 Å². The molecule has 3 amide bonds. The molecule has 4 heterocycles. The quantitative estimate of drug-likeness (QED) is 0.297. The molecule has 1 aromatic carbocycles. The van der Waals surface area contributed by atoms with Crippen molar-refractivity contribution in [2.75, 3.05) is 38.8 Å². The Morgan fingerprint density at radius 2 is 1.98 bits per heavy atom. The summed E-state index contributed by atoms with van der Waals surface area (Å²) in [6, 6.07) is 4.80. The van der Waals surface area contributed by atoms with Crippen LogP contribution >= 0.6 is 0 Å². The Morgan fingerprint density at radius 1 is 1.19 bits per heavy atom. The number of amides is 3. The Labute approximate surface area is 249 Å². The van der Waals surface area contributed by atoms with Crippen LogP contribution in [0.5, 0.6) is 5.75 Å². The number of imidazole rings is 1. The molecule has 0 unspecified atom stereocenters. The minimum Gasteiger partial charge on any atom is -0.494 e. The minimum atomic E-state index is -0.627. The number of carbonyl (C=O) groups is 3. The Kier molecular flexibility index (Phi) is 9.16. The number of primary amides is 1. The summed E-state index contributed by atoms with van der Waals surface area (Å²) in [5.41, 5.74) is 7.60. The van der Waals surface area contributed by atoms with E-state index in [4.69, 9.17) is 24.7 Å². The van der Waals surface area contributed by atoms with E-state index in [1.165, 1.54) is 7.11 Å². The fourth-order valence-corrected chi connectivity index (χ4v) is 5.77. The predicted octanol–water partition coefficient (Wildman–Crippen LogP) is 2.77. The third-order valence-corrected chi connectivity index (χ3v) is 7.92. The Bertz CT molecular complexity index is 1490. The number of nitrogens with zero attached hydrogens (tertiary/aromatic N) is 4. The van der Waals surface area contributed by atoms with Gasteiger partial charge in [-0.1, -0.05) is 0 Å². The number of carbonyl (C=O) groups excluding carboxylic acids is 3. The van der Waals surface area contributed by atoms with Gasteiger partial charge >= 0.3 is 6.09 Å². The molecule has 0 bridgehead atoms. The van der Waals surface area contributed by atoms with Crippen molar-refractivity contribution < 1.29 is 33.3 Å². The highest BCUT2D eigenvalue weighted by Crippen LogP contribution is 2.35. The molecule has 232 valence electrons. The van der Waals surface area contributed by atoms with E-state index in [1.807, 2.05) is 13.8 Å². The third kappa shape index (κ3) is 6.75. The number of benzene rings is 1. The molecule has 4 N–H and O–H groups in total. The molecule has 2 fully saturated rings. The summed E-state index contributed by atoms with van der Waals surface area (Å²) in [6.07, 6.45) is 2.72. The van der Waals surface area contributed by atoms with Crippen molar-refractivity contribution in [2.24, 2.45) is 5.73 Å². The number of aryl methyl sites for hydroxylation is 3.